The maximum absolute atomic E-state index is 12.2. The van der Waals surface area contributed by atoms with Crippen LogP contribution in [0.15, 0.2) is 33.5 Å². The molecule has 0 saturated heterocycles. The zero-order valence-corrected chi connectivity index (χ0v) is 12.8. The molecule has 2 aromatic rings. The monoisotopic (exact) mass is 316 g/mol. The van der Waals surface area contributed by atoms with Crippen LogP contribution >= 0.6 is 0 Å². The van der Waals surface area contributed by atoms with E-state index in [1.165, 1.54) is 0 Å². The summed E-state index contributed by atoms with van der Waals surface area (Å²) < 4.78 is 5.49. The summed E-state index contributed by atoms with van der Waals surface area (Å²) in [6.45, 7) is 0.151. The first kappa shape index (κ1) is 15.6. The third-order valence-electron chi connectivity index (χ3n) is 4.37. The van der Waals surface area contributed by atoms with Crippen LogP contribution in [0.3, 0.4) is 0 Å². The highest BCUT2D eigenvalue weighted by Crippen LogP contribution is 2.27. The zero-order chi connectivity index (χ0) is 16.4. The molecule has 1 amide bonds. The molecule has 0 aliphatic heterocycles. The van der Waals surface area contributed by atoms with Gasteiger partial charge in [0, 0.05) is 12.6 Å². The first-order valence-corrected chi connectivity index (χ1v) is 7.81. The molecule has 122 valence electrons. The maximum Gasteiger partial charge on any atom is 0.287 e. The van der Waals surface area contributed by atoms with Crippen molar-refractivity contribution < 1.29 is 14.3 Å². The van der Waals surface area contributed by atoms with Crippen molar-refractivity contribution in [2.24, 2.45) is 0 Å². The minimum absolute atomic E-state index is 0.0974. The van der Waals surface area contributed by atoms with Crippen molar-refractivity contribution >= 4 is 22.6 Å². The van der Waals surface area contributed by atoms with Crippen LogP contribution in [0.2, 0.25) is 0 Å². The molecule has 0 bridgehead atoms. The van der Waals surface area contributed by atoms with Gasteiger partial charge < -0.3 is 20.6 Å². The maximum atomic E-state index is 12.2. The van der Waals surface area contributed by atoms with Gasteiger partial charge in [0.2, 0.25) is 0 Å². The third kappa shape index (κ3) is 3.22. The number of benzene rings is 1. The lowest BCUT2D eigenvalue weighted by Gasteiger charge is -2.31. The number of nitrogens with two attached hydrogens (primary N) is 1. The van der Waals surface area contributed by atoms with E-state index in [2.05, 4.69) is 5.32 Å². The number of nitrogens with one attached hydrogen (secondary N) is 1. The number of rotatable bonds is 3. The molecular weight excluding hydrogens is 296 g/mol. The van der Waals surface area contributed by atoms with E-state index >= 15 is 0 Å². The molecule has 0 unspecified atom stereocenters. The van der Waals surface area contributed by atoms with Gasteiger partial charge in [0.15, 0.2) is 16.8 Å². The van der Waals surface area contributed by atoms with Crippen LogP contribution in [0.1, 0.15) is 42.7 Å². The smallest absolute Gasteiger partial charge is 0.287 e. The van der Waals surface area contributed by atoms with Crippen LogP contribution in [0, 0.1) is 0 Å². The number of aliphatic hydroxyl groups is 1. The molecule has 1 aromatic carbocycles. The molecule has 0 radical (unpaired) electrons. The van der Waals surface area contributed by atoms with Crippen LogP contribution in [-0.4, -0.2) is 23.2 Å². The molecular formula is C17H20N2O4. The molecule has 1 saturated carbocycles. The SMILES string of the molecule is Nc1cccc2c(=O)cc(C(=O)NCC3(O)CCCCC3)oc12. The Morgan fingerprint density at radius 2 is 2.04 bits per heavy atom. The van der Waals surface area contributed by atoms with Crippen molar-refractivity contribution in [3.63, 3.8) is 0 Å². The third-order valence-corrected chi connectivity index (χ3v) is 4.37. The van der Waals surface area contributed by atoms with Gasteiger partial charge >= 0.3 is 0 Å². The Labute approximate surface area is 133 Å². The quantitative estimate of drug-likeness (QED) is 0.749. The molecule has 1 aliphatic rings. The van der Waals surface area contributed by atoms with E-state index in [1.807, 2.05) is 0 Å². The number of anilines is 1. The molecule has 1 aromatic heterocycles. The fourth-order valence-corrected chi connectivity index (χ4v) is 3.03. The number of hydrogen-bond donors (Lipinski definition) is 3. The Morgan fingerprint density at radius 1 is 1.30 bits per heavy atom. The second-order valence-corrected chi connectivity index (χ2v) is 6.17. The van der Waals surface area contributed by atoms with Gasteiger partial charge in [-0.05, 0) is 25.0 Å². The van der Waals surface area contributed by atoms with E-state index in [-0.39, 0.29) is 23.3 Å². The minimum Gasteiger partial charge on any atom is -0.448 e. The number of para-hydroxylation sites is 1. The summed E-state index contributed by atoms with van der Waals surface area (Å²) in [6.07, 6.45) is 4.35. The highest BCUT2D eigenvalue weighted by Gasteiger charge is 2.30. The summed E-state index contributed by atoms with van der Waals surface area (Å²) in [5.41, 5.74) is 5.13. The van der Waals surface area contributed by atoms with E-state index in [1.54, 1.807) is 18.2 Å². The molecule has 1 fully saturated rings. The number of amides is 1. The molecule has 4 N–H and O–H groups in total. The standard InChI is InChI=1S/C17H20N2O4/c18-12-6-4-5-11-13(20)9-14(23-15(11)12)16(21)19-10-17(22)7-2-1-3-8-17/h4-6,9,22H,1-3,7-8,10,18H2,(H,19,21). The van der Waals surface area contributed by atoms with Gasteiger partial charge in [-0.15, -0.1) is 0 Å². The van der Waals surface area contributed by atoms with Gasteiger partial charge in [-0.2, -0.15) is 0 Å². The molecule has 1 aliphatic carbocycles. The molecule has 0 atom stereocenters. The molecule has 0 spiro atoms. The Bertz CT molecular complexity index is 791. The fourth-order valence-electron chi connectivity index (χ4n) is 3.03. The van der Waals surface area contributed by atoms with Crippen LogP contribution in [-0.2, 0) is 0 Å². The van der Waals surface area contributed by atoms with Crippen molar-refractivity contribution in [3.8, 4) is 0 Å². The van der Waals surface area contributed by atoms with Crippen LogP contribution in [0.25, 0.3) is 11.0 Å². The average Bonchev–Trinajstić information content (AvgIpc) is 2.54. The second kappa shape index (κ2) is 6.04. The normalized spacial score (nSPS) is 17.1. The zero-order valence-electron chi connectivity index (χ0n) is 12.8. The number of carbonyl (C=O) groups is 1. The predicted molar refractivity (Wildman–Crippen MR) is 87.3 cm³/mol. The lowest BCUT2D eigenvalue weighted by atomic mass is 9.85. The summed E-state index contributed by atoms with van der Waals surface area (Å²) in [7, 11) is 0. The molecule has 6 nitrogen and oxygen atoms in total. The lowest BCUT2D eigenvalue weighted by molar-refractivity contribution is 0.00503. The second-order valence-electron chi connectivity index (χ2n) is 6.17. The first-order chi connectivity index (χ1) is 11.0. The van der Waals surface area contributed by atoms with Gasteiger partial charge in [-0.3, -0.25) is 9.59 Å². The number of nitrogen functional groups attached to an aromatic ring is 1. The van der Waals surface area contributed by atoms with Gasteiger partial charge in [0.1, 0.15) is 0 Å². The summed E-state index contributed by atoms with van der Waals surface area (Å²) in [5.74, 6) is -0.619. The first-order valence-electron chi connectivity index (χ1n) is 7.81. The summed E-state index contributed by atoms with van der Waals surface area (Å²) in [4.78, 5) is 24.3. The van der Waals surface area contributed by atoms with Crippen molar-refractivity contribution in [2.45, 2.75) is 37.7 Å². The lowest BCUT2D eigenvalue weighted by Crippen LogP contribution is -2.44. The number of fused-ring (bicyclic) bond motifs is 1. The van der Waals surface area contributed by atoms with E-state index in [0.717, 1.165) is 25.3 Å². The molecule has 3 rings (SSSR count). The Morgan fingerprint density at radius 3 is 2.78 bits per heavy atom. The largest absolute Gasteiger partial charge is 0.448 e. The highest BCUT2D eigenvalue weighted by atomic mass is 16.3. The predicted octanol–water partition coefficient (Wildman–Crippen LogP) is 1.80. The topological polar surface area (TPSA) is 106 Å². The van der Waals surface area contributed by atoms with Gasteiger partial charge in [0.05, 0.1) is 16.7 Å². The van der Waals surface area contributed by atoms with Gasteiger partial charge in [-0.25, -0.2) is 0 Å². The minimum atomic E-state index is -0.871. The van der Waals surface area contributed by atoms with Gasteiger partial charge in [-0.1, -0.05) is 25.3 Å². The number of carbonyl (C=O) groups excluding carboxylic acids is 1. The van der Waals surface area contributed by atoms with Crippen LogP contribution in [0.4, 0.5) is 5.69 Å². The van der Waals surface area contributed by atoms with E-state index in [0.29, 0.717) is 23.9 Å². The Kier molecular flexibility index (Phi) is 4.09. The van der Waals surface area contributed by atoms with Crippen LogP contribution in [0.5, 0.6) is 0 Å². The summed E-state index contributed by atoms with van der Waals surface area (Å²) in [5, 5.41) is 13.4. The fraction of sp³-hybridized carbons (Fsp3) is 0.412. The van der Waals surface area contributed by atoms with E-state index in [9.17, 15) is 14.7 Å². The number of hydrogen-bond acceptors (Lipinski definition) is 5. The Hall–Kier alpha value is -2.34. The van der Waals surface area contributed by atoms with Crippen molar-refractivity contribution in [1.29, 1.82) is 0 Å². The van der Waals surface area contributed by atoms with E-state index in [4.69, 9.17) is 10.2 Å². The highest BCUT2D eigenvalue weighted by molar-refractivity contribution is 5.95. The van der Waals surface area contributed by atoms with Crippen molar-refractivity contribution in [3.05, 3.63) is 40.2 Å². The summed E-state index contributed by atoms with van der Waals surface area (Å²) >= 11 is 0. The Balaban J connectivity index is 1.81. The molecule has 1 heterocycles. The van der Waals surface area contributed by atoms with Gasteiger partial charge in [0.25, 0.3) is 5.91 Å². The summed E-state index contributed by atoms with van der Waals surface area (Å²) in [6, 6.07) is 6.02. The van der Waals surface area contributed by atoms with Crippen LogP contribution < -0.4 is 16.5 Å². The molecule has 23 heavy (non-hydrogen) atoms. The van der Waals surface area contributed by atoms with Crippen molar-refractivity contribution in [1.82, 2.24) is 5.32 Å². The van der Waals surface area contributed by atoms with E-state index < -0.39 is 11.5 Å². The average molecular weight is 316 g/mol. The van der Waals surface area contributed by atoms with Crippen molar-refractivity contribution in [2.75, 3.05) is 12.3 Å². The molecule has 6 heteroatoms.